The zero-order valence-corrected chi connectivity index (χ0v) is 23.4. The number of halogens is 1. The fraction of sp³-hybridized carbons (Fsp3) is 0.312. The van der Waals surface area contributed by atoms with Gasteiger partial charge in [-0.25, -0.2) is 4.39 Å². The summed E-state index contributed by atoms with van der Waals surface area (Å²) in [5.41, 5.74) is 3.35. The Morgan fingerprint density at radius 2 is 1.78 bits per heavy atom. The molecule has 0 unspecified atom stereocenters. The second kappa shape index (κ2) is 12.1. The third-order valence-corrected chi connectivity index (χ3v) is 7.28. The van der Waals surface area contributed by atoms with E-state index in [1.807, 2.05) is 30.3 Å². The van der Waals surface area contributed by atoms with Gasteiger partial charge in [0.05, 0.1) is 24.3 Å². The number of hydrogen-bond donors (Lipinski definition) is 3. The summed E-state index contributed by atoms with van der Waals surface area (Å²) < 4.78 is 26.8. The molecule has 4 aromatic rings. The molecule has 0 spiro atoms. The van der Waals surface area contributed by atoms with Crippen molar-refractivity contribution in [3.63, 3.8) is 0 Å². The smallest absolute Gasteiger partial charge is 0.274 e. The lowest BCUT2D eigenvalue weighted by Crippen LogP contribution is -2.35. The lowest BCUT2D eigenvalue weighted by Gasteiger charge is -2.26. The molecule has 1 aromatic heterocycles. The zero-order chi connectivity index (χ0) is 29.1. The van der Waals surface area contributed by atoms with E-state index in [1.54, 1.807) is 19.1 Å². The minimum Gasteiger partial charge on any atom is -0.507 e. The molecular weight excluding hydrogens is 525 g/mol. The summed E-state index contributed by atoms with van der Waals surface area (Å²) in [6.07, 6.45) is 0. The van der Waals surface area contributed by atoms with Crippen molar-refractivity contribution in [3.05, 3.63) is 77.2 Å². The average Bonchev–Trinajstić information content (AvgIpc) is 3.38. The van der Waals surface area contributed by atoms with Crippen molar-refractivity contribution in [2.24, 2.45) is 0 Å². The number of carbonyl (C=O) groups is 1. The first kappa shape index (κ1) is 28.3. The molecule has 1 aliphatic rings. The molecule has 5 rings (SSSR count). The van der Waals surface area contributed by atoms with Crippen LogP contribution in [0.5, 0.6) is 11.5 Å². The van der Waals surface area contributed by atoms with E-state index in [-0.39, 0.29) is 45.6 Å². The SMILES string of the molecule is CCNC(=O)c1noc(-c2cc(-c3cccc(C(C)C)c3)c(O)cc2O)c1-c1ccc(CN2CCOCC2)cc1F. The minimum absolute atomic E-state index is 0.0184. The molecule has 1 saturated heterocycles. The summed E-state index contributed by atoms with van der Waals surface area (Å²) in [5, 5.41) is 28.4. The molecule has 3 N–H and O–H groups in total. The van der Waals surface area contributed by atoms with Crippen molar-refractivity contribution in [2.45, 2.75) is 33.2 Å². The normalized spacial score (nSPS) is 14.0. The Kier molecular flexibility index (Phi) is 8.37. The van der Waals surface area contributed by atoms with E-state index in [0.29, 0.717) is 31.9 Å². The van der Waals surface area contributed by atoms with Crippen LogP contribution in [0.3, 0.4) is 0 Å². The third-order valence-electron chi connectivity index (χ3n) is 7.28. The minimum atomic E-state index is -0.547. The lowest BCUT2D eigenvalue weighted by molar-refractivity contribution is 0.0341. The van der Waals surface area contributed by atoms with E-state index in [4.69, 9.17) is 9.26 Å². The summed E-state index contributed by atoms with van der Waals surface area (Å²) in [7, 11) is 0. The molecule has 41 heavy (non-hydrogen) atoms. The van der Waals surface area contributed by atoms with Gasteiger partial charge >= 0.3 is 0 Å². The Morgan fingerprint density at radius 1 is 1.02 bits per heavy atom. The number of amides is 1. The summed E-state index contributed by atoms with van der Waals surface area (Å²) in [4.78, 5) is 15.2. The third kappa shape index (κ3) is 5.96. The van der Waals surface area contributed by atoms with Crippen molar-refractivity contribution < 1.29 is 28.7 Å². The molecule has 0 aliphatic carbocycles. The highest BCUT2D eigenvalue weighted by Crippen LogP contribution is 2.45. The fourth-order valence-electron chi connectivity index (χ4n) is 5.06. The van der Waals surface area contributed by atoms with E-state index in [0.717, 1.165) is 29.8 Å². The summed E-state index contributed by atoms with van der Waals surface area (Å²) in [6, 6.07) is 15.4. The van der Waals surface area contributed by atoms with Gasteiger partial charge in [0.15, 0.2) is 11.5 Å². The molecule has 8 nitrogen and oxygen atoms in total. The van der Waals surface area contributed by atoms with Crippen LogP contribution in [0.1, 0.15) is 48.3 Å². The van der Waals surface area contributed by atoms with Crippen molar-refractivity contribution in [1.82, 2.24) is 15.4 Å². The fourth-order valence-corrected chi connectivity index (χ4v) is 5.06. The van der Waals surface area contributed by atoms with Gasteiger partial charge in [0.1, 0.15) is 17.3 Å². The highest BCUT2D eigenvalue weighted by Gasteiger charge is 2.29. The Balaban J connectivity index is 1.62. The van der Waals surface area contributed by atoms with Crippen LogP contribution >= 0.6 is 0 Å². The maximum absolute atomic E-state index is 15.8. The van der Waals surface area contributed by atoms with Crippen molar-refractivity contribution in [3.8, 4) is 45.1 Å². The van der Waals surface area contributed by atoms with E-state index < -0.39 is 11.7 Å². The van der Waals surface area contributed by atoms with Gasteiger partial charge in [-0.05, 0) is 41.7 Å². The molecule has 0 atom stereocenters. The molecule has 1 fully saturated rings. The number of hydrogen-bond acceptors (Lipinski definition) is 7. The summed E-state index contributed by atoms with van der Waals surface area (Å²) >= 11 is 0. The van der Waals surface area contributed by atoms with Crippen LogP contribution in [0, 0.1) is 5.82 Å². The van der Waals surface area contributed by atoms with Gasteiger partial charge in [0, 0.05) is 43.4 Å². The Morgan fingerprint density at radius 3 is 2.49 bits per heavy atom. The van der Waals surface area contributed by atoms with Gasteiger partial charge in [0.25, 0.3) is 5.91 Å². The summed E-state index contributed by atoms with van der Waals surface area (Å²) in [6.45, 7) is 9.63. The second-order valence-corrected chi connectivity index (χ2v) is 10.5. The Labute approximate surface area is 238 Å². The van der Waals surface area contributed by atoms with Crippen LogP contribution in [0.2, 0.25) is 0 Å². The van der Waals surface area contributed by atoms with Crippen molar-refractivity contribution in [1.29, 1.82) is 0 Å². The van der Waals surface area contributed by atoms with Gasteiger partial charge in [-0.3, -0.25) is 9.69 Å². The van der Waals surface area contributed by atoms with Crippen LogP contribution in [0.15, 0.2) is 59.1 Å². The van der Waals surface area contributed by atoms with Crippen LogP contribution in [-0.4, -0.2) is 59.0 Å². The topological polar surface area (TPSA) is 108 Å². The number of ether oxygens (including phenoxy) is 1. The van der Waals surface area contributed by atoms with E-state index in [1.165, 1.54) is 12.1 Å². The first-order valence-electron chi connectivity index (χ1n) is 13.8. The zero-order valence-electron chi connectivity index (χ0n) is 23.4. The molecule has 214 valence electrons. The molecule has 3 aromatic carbocycles. The quantitative estimate of drug-likeness (QED) is 0.246. The second-order valence-electron chi connectivity index (χ2n) is 10.5. The van der Waals surface area contributed by atoms with E-state index in [9.17, 15) is 15.0 Å². The molecule has 0 saturated carbocycles. The van der Waals surface area contributed by atoms with Gasteiger partial charge in [-0.2, -0.15) is 0 Å². The highest BCUT2D eigenvalue weighted by atomic mass is 19.1. The molecule has 0 radical (unpaired) electrons. The number of rotatable bonds is 8. The number of benzene rings is 3. The predicted octanol–water partition coefficient (Wildman–Crippen LogP) is 5.93. The number of aromatic nitrogens is 1. The van der Waals surface area contributed by atoms with Gasteiger partial charge in [-0.1, -0.05) is 55.4 Å². The van der Waals surface area contributed by atoms with Gasteiger partial charge in [-0.15, -0.1) is 0 Å². The average molecular weight is 560 g/mol. The van der Waals surface area contributed by atoms with Gasteiger partial charge in [0.2, 0.25) is 0 Å². The number of aromatic hydroxyl groups is 2. The summed E-state index contributed by atoms with van der Waals surface area (Å²) in [5.74, 6) is -1.22. The van der Waals surface area contributed by atoms with E-state index >= 15 is 4.39 Å². The highest BCUT2D eigenvalue weighted by molar-refractivity contribution is 6.03. The first-order valence-corrected chi connectivity index (χ1v) is 13.8. The number of nitrogens with one attached hydrogen (secondary N) is 1. The van der Waals surface area contributed by atoms with Crippen LogP contribution in [-0.2, 0) is 11.3 Å². The van der Waals surface area contributed by atoms with Crippen LogP contribution in [0.4, 0.5) is 4.39 Å². The van der Waals surface area contributed by atoms with Crippen molar-refractivity contribution >= 4 is 5.91 Å². The standard InChI is InChI=1S/C32H34FN3O5/c1-4-34-32(39)30-29(23-9-8-20(14-26(23)33)18-36-10-12-40-13-11-36)31(41-35-30)25-16-24(27(37)17-28(25)38)22-7-5-6-21(15-22)19(2)3/h5-9,14-17,19,37-38H,4,10-13,18H2,1-3H3,(H,34,39). The van der Waals surface area contributed by atoms with Gasteiger partial charge < -0.3 is 24.8 Å². The molecule has 9 heteroatoms. The predicted molar refractivity (Wildman–Crippen MR) is 154 cm³/mol. The Hall–Kier alpha value is -4.21. The Bertz CT molecular complexity index is 1560. The maximum atomic E-state index is 15.8. The monoisotopic (exact) mass is 559 g/mol. The number of phenols is 2. The molecule has 2 heterocycles. The lowest BCUT2D eigenvalue weighted by atomic mass is 9.93. The van der Waals surface area contributed by atoms with Crippen LogP contribution < -0.4 is 5.32 Å². The molecule has 1 aliphatic heterocycles. The molecule has 1 amide bonds. The van der Waals surface area contributed by atoms with E-state index in [2.05, 4.69) is 29.2 Å². The molecule has 0 bridgehead atoms. The largest absolute Gasteiger partial charge is 0.507 e. The van der Waals surface area contributed by atoms with Crippen LogP contribution in [0.25, 0.3) is 33.6 Å². The number of carbonyl (C=O) groups excluding carboxylic acids is 1. The number of phenolic OH excluding ortho intramolecular Hbond substituents is 2. The number of morpholine rings is 1. The van der Waals surface area contributed by atoms with Crippen molar-refractivity contribution in [2.75, 3.05) is 32.8 Å². The number of nitrogens with zero attached hydrogens (tertiary/aromatic N) is 2. The molecular formula is C32H34FN3O5. The first-order chi connectivity index (χ1) is 19.8. The maximum Gasteiger partial charge on any atom is 0.274 e.